The minimum Gasteiger partial charge on any atom is -0.463 e. The van der Waals surface area contributed by atoms with Crippen LogP contribution in [0.3, 0.4) is 0 Å². The molecule has 27 heavy (non-hydrogen) atoms. The molecule has 0 amide bonds. The Balaban J connectivity index is 1.87. The SMILES string of the molecule is C=C/N=C(\C(C#N)=C(/C)NCC1(c2ccccc2)CCCC1)c1ccco1. The number of rotatable bonds is 7. The largest absolute Gasteiger partial charge is 0.463 e. The van der Waals surface area contributed by atoms with Crippen LogP contribution in [0.2, 0.25) is 0 Å². The van der Waals surface area contributed by atoms with Crippen molar-refractivity contribution >= 4 is 5.71 Å². The fourth-order valence-electron chi connectivity index (χ4n) is 3.87. The zero-order valence-electron chi connectivity index (χ0n) is 15.7. The van der Waals surface area contributed by atoms with Crippen LogP contribution in [0.1, 0.15) is 43.9 Å². The van der Waals surface area contributed by atoms with Gasteiger partial charge in [-0.05, 0) is 37.5 Å². The van der Waals surface area contributed by atoms with E-state index in [0.29, 0.717) is 17.0 Å². The number of allylic oxidation sites excluding steroid dienone is 2. The maximum absolute atomic E-state index is 9.76. The van der Waals surface area contributed by atoms with Gasteiger partial charge in [0, 0.05) is 23.9 Å². The average Bonchev–Trinajstić information content (AvgIpc) is 3.40. The molecule has 0 spiro atoms. The molecule has 138 valence electrons. The highest BCUT2D eigenvalue weighted by atomic mass is 16.3. The standard InChI is InChI=1S/C23H25N3O/c1-3-25-22(21-12-9-15-27-21)20(16-24)18(2)26-17-23(13-7-8-14-23)19-10-5-4-6-11-19/h3-6,9-12,15,26H,1,7-8,13-14,17H2,2H3/b20-18+,25-22+. The van der Waals surface area contributed by atoms with Crippen LogP contribution >= 0.6 is 0 Å². The van der Waals surface area contributed by atoms with Crippen LogP contribution in [0.15, 0.2) is 82.2 Å². The first-order chi connectivity index (χ1) is 13.2. The number of nitrogens with one attached hydrogen (secondary N) is 1. The molecule has 0 bridgehead atoms. The normalized spacial score (nSPS) is 17.1. The van der Waals surface area contributed by atoms with Gasteiger partial charge in [-0.2, -0.15) is 5.26 Å². The summed E-state index contributed by atoms with van der Waals surface area (Å²) < 4.78 is 5.46. The van der Waals surface area contributed by atoms with Crippen molar-refractivity contribution in [3.63, 3.8) is 0 Å². The second-order valence-electron chi connectivity index (χ2n) is 6.96. The van der Waals surface area contributed by atoms with Gasteiger partial charge in [0.15, 0.2) is 5.76 Å². The number of furan rings is 1. The lowest BCUT2D eigenvalue weighted by Crippen LogP contribution is -2.35. The quantitative estimate of drug-likeness (QED) is 0.552. The Morgan fingerprint density at radius 3 is 2.59 bits per heavy atom. The molecule has 2 aromatic rings. The van der Waals surface area contributed by atoms with Crippen molar-refractivity contribution in [1.29, 1.82) is 5.26 Å². The fourth-order valence-corrected chi connectivity index (χ4v) is 3.87. The van der Waals surface area contributed by atoms with Crippen LogP contribution < -0.4 is 5.32 Å². The summed E-state index contributed by atoms with van der Waals surface area (Å²) in [6.07, 6.45) is 7.80. The molecule has 4 nitrogen and oxygen atoms in total. The van der Waals surface area contributed by atoms with Crippen LogP contribution in [0.4, 0.5) is 0 Å². The zero-order chi connectivity index (χ0) is 19.1. The molecule has 1 aromatic heterocycles. The first-order valence-corrected chi connectivity index (χ1v) is 9.33. The molecule has 0 unspecified atom stereocenters. The Bertz CT molecular complexity index is 864. The van der Waals surface area contributed by atoms with Crippen LogP contribution in [0.25, 0.3) is 0 Å². The van der Waals surface area contributed by atoms with Crippen LogP contribution in [0, 0.1) is 11.3 Å². The molecule has 1 aliphatic rings. The lowest BCUT2D eigenvalue weighted by atomic mass is 9.78. The van der Waals surface area contributed by atoms with E-state index in [4.69, 9.17) is 4.42 Å². The Morgan fingerprint density at radius 2 is 2.00 bits per heavy atom. The monoisotopic (exact) mass is 359 g/mol. The molecule has 1 saturated carbocycles. The summed E-state index contributed by atoms with van der Waals surface area (Å²) >= 11 is 0. The van der Waals surface area contributed by atoms with Crippen LogP contribution in [-0.2, 0) is 5.41 Å². The lowest BCUT2D eigenvalue weighted by Gasteiger charge is -2.31. The molecule has 0 atom stereocenters. The number of aliphatic imine (C=N–C) groups is 1. The van der Waals surface area contributed by atoms with Crippen molar-refractivity contribution in [2.24, 2.45) is 4.99 Å². The molecule has 0 aliphatic heterocycles. The number of hydrogen-bond donors (Lipinski definition) is 1. The molecule has 1 heterocycles. The van der Waals surface area contributed by atoms with Gasteiger partial charge in [0.2, 0.25) is 0 Å². The highest BCUT2D eigenvalue weighted by Crippen LogP contribution is 2.40. The van der Waals surface area contributed by atoms with E-state index in [1.807, 2.05) is 6.92 Å². The summed E-state index contributed by atoms with van der Waals surface area (Å²) in [6.45, 7) is 6.39. The number of hydrogen-bond acceptors (Lipinski definition) is 4. The van der Waals surface area contributed by atoms with Gasteiger partial charge < -0.3 is 9.73 Å². The molecule has 1 N–H and O–H groups in total. The Hall–Kier alpha value is -3.06. The maximum Gasteiger partial charge on any atom is 0.153 e. The van der Waals surface area contributed by atoms with Gasteiger partial charge in [-0.1, -0.05) is 49.8 Å². The van der Waals surface area contributed by atoms with E-state index in [0.717, 1.165) is 25.1 Å². The first-order valence-electron chi connectivity index (χ1n) is 9.33. The van der Waals surface area contributed by atoms with Crippen molar-refractivity contribution < 1.29 is 4.42 Å². The van der Waals surface area contributed by atoms with Gasteiger partial charge in [0.25, 0.3) is 0 Å². The summed E-state index contributed by atoms with van der Waals surface area (Å²) in [4.78, 5) is 4.28. The van der Waals surface area contributed by atoms with E-state index < -0.39 is 0 Å². The van der Waals surface area contributed by atoms with Crippen LogP contribution in [0.5, 0.6) is 0 Å². The number of nitrogens with zero attached hydrogens (tertiary/aromatic N) is 2. The number of benzene rings is 1. The predicted molar refractivity (Wildman–Crippen MR) is 108 cm³/mol. The Morgan fingerprint density at radius 1 is 1.26 bits per heavy atom. The minimum absolute atomic E-state index is 0.115. The van der Waals surface area contributed by atoms with Gasteiger partial charge in [-0.3, -0.25) is 4.99 Å². The Kier molecular flexibility index (Phi) is 5.93. The number of nitriles is 1. The summed E-state index contributed by atoms with van der Waals surface area (Å²) in [5, 5.41) is 13.3. The van der Waals surface area contributed by atoms with E-state index in [1.165, 1.54) is 24.6 Å². The van der Waals surface area contributed by atoms with Gasteiger partial charge in [-0.15, -0.1) is 0 Å². The molecular formula is C23H25N3O. The average molecular weight is 359 g/mol. The third kappa shape index (κ3) is 4.03. The summed E-state index contributed by atoms with van der Waals surface area (Å²) in [6, 6.07) is 16.6. The van der Waals surface area contributed by atoms with Crippen molar-refractivity contribution in [2.45, 2.75) is 38.0 Å². The van der Waals surface area contributed by atoms with Crippen molar-refractivity contribution in [2.75, 3.05) is 6.54 Å². The molecule has 1 aromatic carbocycles. The van der Waals surface area contributed by atoms with Gasteiger partial charge >= 0.3 is 0 Å². The van der Waals surface area contributed by atoms with Crippen molar-refractivity contribution in [3.8, 4) is 6.07 Å². The van der Waals surface area contributed by atoms with E-state index >= 15 is 0 Å². The summed E-state index contributed by atoms with van der Waals surface area (Å²) in [7, 11) is 0. The van der Waals surface area contributed by atoms with E-state index in [1.54, 1.807) is 18.4 Å². The van der Waals surface area contributed by atoms with Gasteiger partial charge in [0.1, 0.15) is 17.4 Å². The molecule has 3 rings (SSSR count). The van der Waals surface area contributed by atoms with E-state index in [2.05, 4.69) is 53.3 Å². The highest BCUT2D eigenvalue weighted by Gasteiger charge is 2.35. The van der Waals surface area contributed by atoms with Crippen molar-refractivity contribution in [3.05, 3.63) is 84.1 Å². The minimum atomic E-state index is 0.115. The third-order valence-corrected chi connectivity index (χ3v) is 5.34. The molecule has 1 fully saturated rings. The molecule has 0 radical (unpaired) electrons. The van der Waals surface area contributed by atoms with Gasteiger partial charge in [-0.25, -0.2) is 0 Å². The van der Waals surface area contributed by atoms with E-state index in [9.17, 15) is 5.26 Å². The second-order valence-corrected chi connectivity index (χ2v) is 6.96. The third-order valence-electron chi connectivity index (χ3n) is 5.34. The smallest absolute Gasteiger partial charge is 0.153 e. The first kappa shape index (κ1) is 18.7. The predicted octanol–water partition coefficient (Wildman–Crippen LogP) is 5.11. The summed E-state index contributed by atoms with van der Waals surface area (Å²) in [5.74, 6) is 0.561. The Labute approximate surface area is 160 Å². The van der Waals surface area contributed by atoms with Gasteiger partial charge in [0.05, 0.1) is 6.26 Å². The maximum atomic E-state index is 9.76. The molecule has 1 aliphatic carbocycles. The van der Waals surface area contributed by atoms with Crippen LogP contribution in [-0.4, -0.2) is 12.3 Å². The zero-order valence-corrected chi connectivity index (χ0v) is 15.7. The second kappa shape index (κ2) is 8.55. The fraction of sp³-hybridized carbons (Fsp3) is 0.304. The van der Waals surface area contributed by atoms with Crippen molar-refractivity contribution in [1.82, 2.24) is 5.32 Å². The summed E-state index contributed by atoms with van der Waals surface area (Å²) in [5.41, 5.74) is 3.27. The molecular weight excluding hydrogens is 334 g/mol. The molecule has 4 heteroatoms. The lowest BCUT2D eigenvalue weighted by molar-refractivity contribution is 0.422. The highest BCUT2D eigenvalue weighted by molar-refractivity contribution is 6.14. The van der Waals surface area contributed by atoms with E-state index in [-0.39, 0.29) is 5.41 Å². The molecule has 0 saturated heterocycles. The topological polar surface area (TPSA) is 61.3 Å².